The number of nitrogens with zero attached hydrogens (tertiary/aromatic N) is 1. The van der Waals surface area contributed by atoms with Gasteiger partial charge in [0.05, 0.1) is 19.3 Å². The van der Waals surface area contributed by atoms with E-state index < -0.39 is 37.9 Å². The Morgan fingerprint density at radius 1 is 1.22 bits per heavy atom. The number of aromatic nitrogens is 2. The third-order valence-corrected chi connectivity index (χ3v) is 6.47. The van der Waals surface area contributed by atoms with E-state index in [1.807, 2.05) is 42.5 Å². The number of hydrogen-bond donors (Lipinski definition) is 2. The van der Waals surface area contributed by atoms with Crippen LogP contribution in [0.15, 0.2) is 58.3 Å². The zero-order chi connectivity index (χ0) is 22.7. The van der Waals surface area contributed by atoms with Crippen molar-refractivity contribution in [1.29, 1.82) is 0 Å². The second-order valence-electron chi connectivity index (χ2n) is 7.67. The lowest BCUT2D eigenvalue weighted by molar-refractivity contribution is -0.0429. The van der Waals surface area contributed by atoms with Gasteiger partial charge >= 0.3 is 13.9 Å². The van der Waals surface area contributed by atoms with E-state index in [0.29, 0.717) is 12.0 Å². The van der Waals surface area contributed by atoms with Crippen molar-refractivity contribution in [2.24, 2.45) is 0 Å². The SMILES string of the molecule is Cc1cn([C@H]2CC(O[PH](=O)OCCc3cccc4ccccc34)[C@@H](CO)O2)c(=O)[nH]c1=O. The van der Waals surface area contributed by atoms with Crippen molar-refractivity contribution >= 4 is 19.0 Å². The standard InChI is InChI=1S/C22H25N2O7P/c1-14-12-24(22(27)23-21(14)26)20-11-18(19(13-25)30-20)31-32(28)29-10-9-16-7-4-6-15-5-2-3-8-17(15)16/h2-8,12,18-20,25,32H,9-11,13H2,1H3,(H,23,26,27)/t18?,19-,20-/m1/s1. The van der Waals surface area contributed by atoms with Crippen LogP contribution in [0, 0.1) is 6.92 Å². The summed E-state index contributed by atoms with van der Waals surface area (Å²) in [5.41, 5.74) is 0.342. The summed E-state index contributed by atoms with van der Waals surface area (Å²) in [5.74, 6) is 0. The molecule has 1 aromatic heterocycles. The van der Waals surface area contributed by atoms with Gasteiger partial charge in [0.1, 0.15) is 12.3 Å². The molecule has 4 atom stereocenters. The lowest BCUT2D eigenvalue weighted by Crippen LogP contribution is -2.33. The van der Waals surface area contributed by atoms with Crippen LogP contribution in [0.2, 0.25) is 0 Å². The van der Waals surface area contributed by atoms with Crippen molar-refractivity contribution < 1.29 is 23.5 Å². The number of fused-ring (bicyclic) bond motifs is 1. The highest BCUT2D eigenvalue weighted by atomic mass is 31.1. The van der Waals surface area contributed by atoms with Gasteiger partial charge in [0.2, 0.25) is 0 Å². The summed E-state index contributed by atoms with van der Waals surface area (Å²) in [6.45, 7) is 1.42. The molecule has 32 heavy (non-hydrogen) atoms. The fourth-order valence-electron chi connectivity index (χ4n) is 3.87. The van der Waals surface area contributed by atoms with E-state index in [0.717, 1.165) is 16.3 Å². The molecule has 0 spiro atoms. The van der Waals surface area contributed by atoms with Crippen molar-refractivity contribution in [3.63, 3.8) is 0 Å². The molecule has 2 heterocycles. The molecule has 2 unspecified atom stereocenters. The monoisotopic (exact) mass is 460 g/mol. The number of hydrogen-bond acceptors (Lipinski definition) is 7. The Kier molecular flexibility index (Phi) is 7.03. The largest absolute Gasteiger partial charge is 0.394 e. The fraction of sp³-hybridized carbons (Fsp3) is 0.364. The van der Waals surface area contributed by atoms with Crippen molar-refractivity contribution in [2.75, 3.05) is 13.2 Å². The molecule has 0 saturated carbocycles. The maximum Gasteiger partial charge on any atom is 0.330 e. The Labute approximate surface area is 184 Å². The summed E-state index contributed by atoms with van der Waals surface area (Å²) in [5, 5.41) is 11.9. The van der Waals surface area contributed by atoms with Gasteiger partial charge in [-0.15, -0.1) is 0 Å². The molecule has 170 valence electrons. The van der Waals surface area contributed by atoms with Crippen LogP contribution < -0.4 is 11.2 Å². The zero-order valence-electron chi connectivity index (χ0n) is 17.5. The molecular formula is C22H25N2O7P. The quantitative estimate of drug-likeness (QED) is 0.495. The van der Waals surface area contributed by atoms with Gasteiger partial charge in [0.15, 0.2) is 0 Å². The highest BCUT2D eigenvalue weighted by Gasteiger charge is 2.38. The first-order valence-electron chi connectivity index (χ1n) is 10.3. The highest BCUT2D eigenvalue weighted by Crippen LogP contribution is 2.37. The van der Waals surface area contributed by atoms with Gasteiger partial charge in [0, 0.05) is 18.2 Å². The molecule has 1 aliphatic rings. The van der Waals surface area contributed by atoms with Crippen LogP contribution in [-0.2, 0) is 24.8 Å². The van der Waals surface area contributed by atoms with Gasteiger partial charge < -0.3 is 18.9 Å². The maximum absolute atomic E-state index is 12.4. The van der Waals surface area contributed by atoms with Crippen LogP contribution in [0.25, 0.3) is 10.8 Å². The third-order valence-electron chi connectivity index (χ3n) is 5.54. The number of H-pyrrole nitrogens is 1. The van der Waals surface area contributed by atoms with Gasteiger partial charge in [-0.1, -0.05) is 42.5 Å². The van der Waals surface area contributed by atoms with E-state index in [4.69, 9.17) is 13.8 Å². The Morgan fingerprint density at radius 2 is 2.00 bits per heavy atom. The average Bonchev–Trinajstić information content (AvgIpc) is 3.18. The first-order chi connectivity index (χ1) is 15.5. The van der Waals surface area contributed by atoms with Crippen LogP contribution in [0.3, 0.4) is 0 Å². The minimum atomic E-state index is -2.85. The fourth-order valence-corrected chi connectivity index (χ4v) is 4.70. The van der Waals surface area contributed by atoms with Crippen molar-refractivity contribution in [3.8, 4) is 0 Å². The summed E-state index contributed by atoms with van der Waals surface area (Å²) in [6.07, 6.45) is -0.0968. The molecule has 0 radical (unpaired) electrons. The number of ether oxygens (including phenoxy) is 1. The van der Waals surface area contributed by atoms with Crippen LogP contribution in [-0.4, -0.2) is 40.1 Å². The predicted octanol–water partition coefficient (Wildman–Crippen LogP) is 2.31. The van der Waals surface area contributed by atoms with Gasteiger partial charge in [-0.25, -0.2) is 4.79 Å². The van der Waals surface area contributed by atoms with Crippen LogP contribution in [0.5, 0.6) is 0 Å². The first-order valence-corrected chi connectivity index (χ1v) is 11.6. The normalized spacial score (nSPS) is 21.8. The molecule has 2 aromatic carbocycles. The number of nitrogens with one attached hydrogen (secondary N) is 1. The van der Waals surface area contributed by atoms with Crippen LogP contribution >= 0.6 is 8.25 Å². The minimum Gasteiger partial charge on any atom is -0.394 e. The Balaban J connectivity index is 1.36. The van der Waals surface area contributed by atoms with Crippen LogP contribution in [0.1, 0.15) is 23.8 Å². The maximum atomic E-state index is 12.4. The summed E-state index contributed by atoms with van der Waals surface area (Å²) in [6, 6.07) is 14.0. The molecule has 0 bridgehead atoms. The molecule has 1 aliphatic heterocycles. The summed E-state index contributed by atoms with van der Waals surface area (Å²) in [4.78, 5) is 25.9. The Hall–Kier alpha value is -2.55. The predicted molar refractivity (Wildman–Crippen MR) is 119 cm³/mol. The second-order valence-corrected chi connectivity index (χ2v) is 8.69. The minimum absolute atomic E-state index is 0.180. The van der Waals surface area contributed by atoms with Crippen molar-refractivity contribution in [3.05, 3.63) is 80.6 Å². The van der Waals surface area contributed by atoms with E-state index >= 15 is 0 Å². The molecule has 1 saturated heterocycles. The Morgan fingerprint density at radius 3 is 2.81 bits per heavy atom. The lowest BCUT2D eigenvalue weighted by atomic mass is 10.0. The van der Waals surface area contributed by atoms with Gasteiger partial charge in [0.25, 0.3) is 5.56 Å². The highest BCUT2D eigenvalue weighted by molar-refractivity contribution is 7.33. The topological polar surface area (TPSA) is 120 Å². The third kappa shape index (κ3) is 4.92. The molecule has 3 aromatic rings. The van der Waals surface area contributed by atoms with E-state index in [-0.39, 0.29) is 19.6 Å². The molecular weight excluding hydrogens is 435 g/mol. The number of rotatable bonds is 8. The van der Waals surface area contributed by atoms with Gasteiger partial charge in [-0.2, -0.15) is 0 Å². The molecule has 4 rings (SSSR count). The number of aryl methyl sites for hydroxylation is 1. The number of benzene rings is 2. The van der Waals surface area contributed by atoms with E-state index in [1.54, 1.807) is 6.92 Å². The van der Waals surface area contributed by atoms with Gasteiger partial charge in [-0.05, 0) is 29.7 Å². The summed E-state index contributed by atoms with van der Waals surface area (Å²) in [7, 11) is -2.85. The van der Waals surface area contributed by atoms with Gasteiger partial charge in [-0.3, -0.25) is 18.9 Å². The number of aromatic amines is 1. The molecule has 0 amide bonds. The molecule has 2 N–H and O–H groups in total. The summed E-state index contributed by atoms with van der Waals surface area (Å²) < 4.78 is 30.3. The average molecular weight is 460 g/mol. The molecule has 1 fully saturated rings. The smallest absolute Gasteiger partial charge is 0.330 e. The van der Waals surface area contributed by atoms with E-state index in [1.165, 1.54) is 10.8 Å². The molecule has 0 aliphatic carbocycles. The second kappa shape index (κ2) is 9.94. The summed E-state index contributed by atoms with van der Waals surface area (Å²) >= 11 is 0. The van der Waals surface area contributed by atoms with E-state index in [2.05, 4.69) is 4.98 Å². The number of aliphatic hydroxyl groups is 1. The van der Waals surface area contributed by atoms with Crippen molar-refractivity contribution in [2.45, 2.75) is 38.2 Å². The molecule has 9 nitrogen and oxygen atoms in total. The van der Waals surface area contributed by atoms with Crippen LogP contribution in [0.4, 0.5) is 0 Å². The van der Waals surface area contributed by atoms with E-state index in [9.17, 15) is 19.3 Å². The number of aliphatic hydroxyl groups excluding tert-OH is 1. The Bertz CT molecular complexity index is 1230. The van der Waals surface area contributed by atoms with Crippen molar-refractivity contribution in [1.82, 2.24) is 9.55 Å². The lowest BCUT2D eigenvalue weighted by Gasteiger charge is -2.16. The first kappa shape index (κ1) is 22.6. The zero-order valence-corrected chi connectivity index (χ0v) is 18.5. The molecule has 10 heteroatoms.